The third-order valence-corrected chi connectivity index (χ3v) is 5.78. The molecular weight excluding hydrogens is 324 g/mol. The molecule has 3 saturated heterocycles. The average molecular weight is 352 g/mol. The number of fused-ring (bicyclic) bond motifs is 4. The summed E-state index contributed by atoms with van der Waals surface area (Å²) in [6.45, 7) is 4.16. The molecule has 5 rings (SSSR count). The van der Waals surface area contributed by atoms with E-state index >= 15 is 0 Å². The van der Waals surface area contributed by atoms with Gasteiger partial charge in [0.15, 0.2) is 0 Å². The number of rotatable bonds is 5. The Kier molecular flexibility index (Phi) is 5.07. The fourth-order valence-electron chi connectivity index (χ4n) is 4.46. The average Bonchev–Trinajstić information content (AvgIpc) is 2.90. The highest BCUT2D eigenvalue weighted by Crippen LogP contribution is 2.29. The molecule has 3 aliphatic rings. The van der Waals surface area contributed by atoms with E-state index in [2.05, 4.69) is 45.2 Å². The second-order valence-corrected chi connectivity index (χ2v) is 7.81. The fraction of sp³-hybridized carbons (Fsp3) is 0.524. The van der Waals surface area contributed by atoms with E-state index < -0.39 is 0 Å². The number of aromatic nitrogens is 2. The van der Waals surface area contributed by atoms with Gasteiger partial charge in [0.05, 0.1) is 11.8 Å². The first-order valence-corrected chi connectivity index (χ1v) is 9.75. The number of nitrogens with zero attached hydrogens (tertiary/aromatic N) is 4. The van der Waals surface area contributed by atoms with Crippen LogP contribution in [0.15, 0.2) is 42.7 Å². The van der Waals surface area contributed by atoms with E-state index in [9.17, 15) is 4.79 Å². The van der Waals surface area contributed by atoms with Gasteiger partial charge in [-0.3, -0.25) is 9.48 Å². The summed E-state index contributed by atoms with van der Waals surface area (Å²) in [5.74, 6) is 0.755. The van der Waals surface area contributed by atoms with Gasteiger partial charge in [0.1, 0.15) is 0 Å². The quantitative estimate of drug-likeness (QED) is 0.831. The van der Waals surface area contributed by atoms with Crippen molar-refractivity contribution in [1.29, 1.82) is 0 Å². The van der Waals surface area contributed by atoms with Gasteiger partial charge in [-0.15, -0.1) is 0 Å². The summed E-state index contributed by atoms with van der Waals surface area (Å²) in [5.41, 5.74) is 2.13. The summed E-state index contributed by atoms with van der Waals surface area (Å²) >= 11 is 0. The van der Waals surface area contributed by atoms with Crippen LogP contribution in [0.4, 0.5) is 0 Å². The molecule has 1 amide bonds. The maximum absolute atomic E-state index is 12.9. The Morgan fingerprint density at radius 3 is 2.77 bits per heavy atom. The SMILES string of the molecule is Cn1cc(C(=O)N2C[C@H]3CC[C@@H]2CN(CCCc2ccccc2)C3)cn1. The maximum Gasteiger partial charge on any atom is 0.257 e. The lowest BCUT2D eigenvalue weighted by molar-refractivity contribution is 0.0585. The standard InChI is InChI=1S/C21H28N4O/c1-23-15-19(12-22-23)21(26)25-14-18-9-10-20(25)16-24(13-18)11-5-8-17-6-3-2-4-7-17/h2-4,6-7,12,15,18,20H,5,8-11,13-14,16H2,1H3/t18-,20+/m0/s1. The van der Waals surface area contributed by atoms with Crippen molar-refractivity contribution >= 4 is 5.91 Å². The predicted octanol–water partition coefficient (Wildman–Crippen LogP) is 2.59. The lowest BCUT2D eigenvalue weighted by atomic mass is 9.94. The Morgan fingerprint density at radius 2 is 2.00 bits per heavy atom. The first-order valence-electron chi connectivity index (χ1n) is 9.75. The minimum absolute atomic E-state index is 0.152. The maximum atomic E-state index is 12.9. The van der Waals surface area contributed by atoms with E-state index in [0.29, 0.717) is 12.0 Å². The lowest BCUT2D eigenvalue weighted by Crippen LogP contribution is -2.47. The molecule has 0 N–H and O–H groups in total. The number of hydrogen-bond acceptors (Lipinski definition) is 3. The van der Waals surface area contributed by atoms with Crippen LogP contribution in [0, 0.1) is 5.92 Å². The minimum Gasteiger partial charge on any atom is -0.334 e. The third kappa shape index (κ3) is 3.83. The van der Waals surface area contributed by atoms with Crippen LogP contribution in [0.5, 0.6) is 0 Å². The van der Waals surface area contributed by atoms with E-state index in [4.69, 9.17) is 0 Å². The Labute approximate surface area is 155 Å². The molecular formula is C21H28N4O. The van der Waals surface area contributed by atoms with Gasteiger partial charge in [-0.25, -0.2) is 0 Å². The molecule has 1 aromatic heterocycles. The van der Waals surface area contributed by atoms with Crippen LogP contribution >= 0.6 is 0 Å². The molecule has 3 fully saturated rings. The number of piperidine rings is 1. The largest absolute Gasteiger partial charge is 0.334 e. The van der Waals surface area contributed by atoms with Gasteiger partial charge < -0.3 is 9.80 Å². The van der Waals surface area contributed by atoms with E-state index in [1.54, 1.807) is 10.9 Å². The van der Waals surface area contributed by atoms with Crippen molar-refractivity contribution in [3.8, 4) is 0 Å². The zero-order valence-corrected chi connectivity index (χ0v) is 15.6. The van der Waals surface area contributed by atoms with Crippen LogP contribution < -0.4 is 0 Å². The zero-order valence-electron chi connectivity index (χ0n) is 15.6. The Morgan fingerprint density at radius 1 is 1.15 bits per heavy atom. The molecule has 2 aromatic rings. The Balaban J connectivity index is 1.36. The normalized spacial score (nSPS) is 23.2. The first-order chi connectivity index (χ1) is 12.7. The van der Waals surface area contributed by atoms with E-state index in [1.165, 1.54) is 18.4 Å². The lowest BCUT2D eigenvalue weighted by Gasteiger charge is -2.36. The van der Waals surface area contributed by atoms with Crippen molar-refractivity contribution in [2.45, 2.75) is 31.7 Å². The van der Waals surface area contributed by atoms with Crippen LogP contribution in [0.2, 0.25) is 0 Å². The summed E-state index contributed by atoms with van der Waals surface area (Å²) in [5, 5.41) is 4.16. The summed E-state index contributed by atoms with van der Waals surface area (Å²) in [6, 6.07) is 11.1. The van der Waals surface area contributed by atoms with E-state index in [-0.39, 0.29) is 5.91 Å². The molecule has 5 heteroatoms. The van der Waals surface area contributed by atoms with Crippen molar-refractivity contribution in [3.63, 3.8) is 0 Å². The van der Waals surface area contributed by atoms with Gasteiger partial charge in [-0.2, -0.15) is 5.10 Å². The van der Waals surface area contributed by atoms with Crippen LogP contribution in [-0.4, -0.2) is 57.7 Å². The molecule has 2 atom stereocenters. The number of hydrogen-bond donors (Lipinski definition) is 0. The smallest absolute Gasteiger partial charge is 0.257 e. The predicted molar refractivity (Wildman–Crippen MR) is 102 cm³/mol. The van der Waals surface area contributed by atoms with Crippen LogP contribution in [0.25, 0.3) is 0 Å². The third-order valence-electron chi connectivity index (χ3n) is 5.78. The van der Waals surface area contributed by atoms with Gasteiger partial charge in [-0.1, -0.05) is 30.3 Å². The summed E-state index contributed by atoms with van der Waals surface area (Å²) in [6.07, 6.45) is 8.21. The van der Waals surface area contributed by atoms with Gasteiger partial charge in [0, 0.05) is 38.9 Å². The van der Waals surface area contributed by atoms with Crippen LogP contribution in [0.1, 0.15) is 35.2 Å². The van der Waals surface area contributed by atoms with Gasteiger partial charge >= 0.3 is 0 Å². The number of aryl methyl sites for hydroxylation is 2. The van der Waals surface area contributed by atoms with Gasteiger partial charge in [-0.05, 0) is 43.7 Å². The molecule has 0 aliphatic carbocycles. The van der Waals surface area contributed by atoms with Gasteiger partial charge in [0.25, 0.3) is 5.91 Å². The topological polar surface area (TPSA) is 41.4 Å². The van der Waals surface area contributed by atoms with Gasteiger partial charge in [0.2, 0.25) is 0 Å². The second kappa shape index (κ2) is 7.62. The number of amides is 1. The molecule has 26 heavy (non-hydrogen) atoms. The summed E-state index contributed by atoms with van der Waals surface area (Å²) < 4.78 is 1.71. The van der Waals surface area contributed by atoms with Crippen molar-refractivity contribution in [2.24, 2.45) is 13.0 Å². The van der Waals surface area contributed by atoms with Crippen molar-refractivity contribution < 1.29 is 4.79 Å². The van der Waals surface area contributed by atoms with Crippen LogP contribution in [-0.2, 0) is 13.5 Å². The first kappa shape index (κ1) is 17.3. The van der Waals surface area contributed by atoms with Crippen molar-refractivity contribution in [1.82, 2.24) is 19.6 Å². The number of carbonyl (C=O) groups excluding carboxylic acids is 1. The highest BCUT2D eigenvalue weighted by atomic mass is 16.2. The summed E-state index contributed by atoms with van der Waals surface area (Å²) in [7, 11) is 1.86. The number of benzene rings is 1. The zero-order chi connectivity index (χ0) is 17.9. The highest BCUT2D eigenvalue weighted by Gasteiger charge is 2.37. The molecule has 3 aliphatic heterocycles. The Bertz CT molecular complexity index is 741. The van der Waals surface area contributed by atoms with Crippen LogP contribution in [0.3, 0.4) is 0 Å². The monoisotopic (exact) mass is 352 g/mol. The molecule has 0 spiro atoms. The molecule has 0 radical (unpaired) electrons. The molecule has 0 unspecified atom stereocenters. The fourth-order valence-corrected chi connectivity index (χ4v) is 4.46. The van der Waals surface area contributed by atoms with Crippen molar-refractivity contribution in [2.75, 3.05) is 26.2 Å². The minimum atomic E-state index is 0.152. The van der Waals surface area contributed by atoms with E-state index in [0.717, 1.165) is 44.6 Å². The molecule has 0 saturated carbocycles. The number of carbonyl (C=O) groups is 1. The molecule has 1 aromatic carbocycles. The van der Waals surface area contributed by atoms with Crippen molar-refractivity contribution in [3.05, 3.63) is 53.9 Å². The van der Waals surface area contributed by atoms with E-state index in [1.807, 2.05) is 13.2 Å². The highest BCUT2D eigenvalue weighted by molar-refractivity contribution is 5.94. The summed E-state index contributed by atoms with van der Waals surface area (Å²) in [4.78, 5) is 17.6. The molecule has 5 nitrogen and oxygen atoms in total. The molecule has 138 valence electrons. The molecule has 2 bridgehead atoms. The Hall–Kier alpha value is -2.14. The molecule has 4 heterocycles. The second-order valence-electron chi connectivity index (χ2n) is 7.81.